The number of hydrogen-bond acceptors (Lipinski definition) is 4. The molecule has 0 amide bonds. The van der Waals surface area contributed by atoms with E-state index in [0.717, 1.165) is 24.3 Å². The fourth-order valence-electron chi connectivity index (χ4n) is 4.85. The molecule has 4 heteroatoms. The van der Waals surface area contributed by atoms with E-state index in [1.54, 1.807) is 0 Å². The first-order chi connectivity index (χ1) is 12.7. The van der Waals surface area contributed by atoms with E-state index >= 15 is 0 Å². The summed E-state index contributed by atoms with van der Waals surface area (Å²) in [5, 5.41) is 8.20. The van der Waals surface area contributed by atoms with Crippen LogP contribution in [0.3, 0.4) is 0 Å². The van der Waals surface area contributed by atoms with E-state index in [1.165, 1.54) is 47.9 Å². The van der Waals surface area contributed by atoms with Gasteiger partial charge in [0.05, 0.1) is 12.7 Å². The number of rotatable bonds is 5. The molecular formula is C22H28N2O2. The van der Waals surface area contributed by atoms with Gasteiger partial charge in [0.25, 0.3) is 0 Å². The lowest BCUT2D eigenvalue weighted by molar-refractivity contribution is 0.00875. The van der Waals surface area contributed by atoms with Gasteiger partial charge in [-0.3, -0.25) is 0 Å². The Balaban J connectivity index is 1.42. The van der Waals surface area contributed by atoms with Gasteiger partial charge in [-0.15, -0.1) is 0 Å². The van der Waals surface area contributed by atoms with Crippen LogP contribution in [0.1, 0.15) is 66.9 Å². The molecule has 2 unspecified atom stereocenters. The summed E-state index contributed by atoms with van der Waals surface area (Å²) in [6, 6.07) is 7.73. The van der Waals surface area contributed by atoms with Crippen molar-refractivity contribution >= 4 is 0 Å². The summed E-state index contributed by atoms with van der Waals surface area (Å²) in [7, 11) is 0. The molecule has 1 aromatic heterocycles. The highest BCUT2D eigenvalue weighted by Gasteiger charge is 2.36. The average molecular weight is 352 g/mol. The molecule has 3 heterocycles. The quantitative estimate of drug-likeness (QED) is 0.852. The predicted molar refractivity (Wildman–Crippen MR) is 101 cm³/mol. The van der Waals surface area contributed by atoms with E-state index < -0.39 is 0 Å². The molecule has 4 nitrogen and oxygen atoms in total. The highest BCUT2D eigenvalue weighted by molar-refractivity contribution is 5.70. The zero-order chi connectivity index (χ0) is 17.7. The summed E-state index contributed by atoms with van der Waals surface area (Å²) in [6.45, 7) is 4.94. The Bertz CT molecular complexity index is 776. The maximum absolute atomic E-state index is 6.43. The zero-order valence-electron chi connectivity index (χ0n) is 15.8. The Morgan fingerprint density at radius 2 is 1.77 bits per heavy atom. The number of nitrogens with one attached hydrogen (secondary N) is 1. The smallest absolute Gasteiger partial charge is 0.145 e. The molecule has 1 aliphatic carbocycles. The maximum atomic E-state index is 6.43. The summed E-state index contributed by atoms with van der Waals surface area (Å²) in [6.07, 6.45) is 7.68. The molecule has 2 saturated heterocycles. The highest BCUT2D eigenvalue weighted by atomic mass is 16.5. The standard InChI is InChI=1S/C22H28N2O2/c1-13-4-3-5-14(2)20(13)21-19(22(26-24-21)15-6-7-15)12-25-18-10-16-8-9-17(11-18)23-16/h3-5,15-18,23H,6-12H2,1-2H3. The van der Waals surface area contributed by atoms with Gasteiger partial charge in [0, 0.05) is 29.1 Å². The van der Waals surface area contributed by atoms with Crippen molar-refractivity contribution in [1.82, 2.24) is 10.5 Å². The van der Waals surface area contributed by atoms with Crippen molar-refractivity contribution in [2.45, 2.75) is 83.1 Å². The van der Waals surface area contributed by atoms with Gasteiger partial charge in [0.2, 0.25) is 0 Å². The second kappa shape index (κ2) is 6.50. The van der Waals surface area contributed by atoms with Gasteiger partial charge in [0.1, 0.15) is 11.5 Å². The van der Waals surface area contributed by atoms with Gasteiger partial charge in [-0.2, -0.15) is 0 Å². The number of piperidine rings is 1. The van der Waals surface area contributed by atoms with E-state index in [-0.39, 0.29) is 0 Å². The van der Waals surface area contributed by atoms with Crippen LogP contribution in [0.4, 0.5) is 0 Å². The summed E-state index contributed by atoms with van der Waals surface area (Å²) >= 11 is 0. The third kappa shape index (κ3) is 2.99. The first-order valence-electron chi connectivity index (χ1n) is 10.1. The highest BCUT2D eigenvalue weighted by Crippen LogP contribution is 2.45. The topological polar surface area (TPSA) is 47.3 Å². The molecule has 2 aromatic rings. The van der Waals surface area contributed by atoms with Gasteiger partial charge in [-0.25, -0.2) is 0 Å². The summed E-state index contributed by atoms with van der Waals surface area (Å²) < 4.78 is 12.3. The SMILES string of the molecule is Cc1cccc(C)c1-c1noc(C2CC2)c1COC1CC2CCC(C1)N2. The number of nitrogens with zero attached hydrogens (tertiary/aromatic N) is 1. The van der Waals surface area contributed by atoms with Crippen molar-refractivity contribution in [3.05, 3.63) is 40.6 Å². The van der Waals surface area contributed by atoms with Crippen molar-refractivity contribution in [3.63, 3.8) is 0 Å². The first kappa shape index (κ1) is 16.5. The van der Waals surface area contributed by atoms with Crippen LogP contribution in [-0.2, 0) is 11.3 Å². The molecular weight excluding hydrogens is 324 g/mol. The van der Waals surface area contributed by atoms with Gasteiger partial charge < -0.3 is 14.6 Å². The second-order valence-electron chi connectivity index (χ2n) is 8.46. The van der Waals surface area contributed by atoms with Crippen LogP contribution >= 0.6 is 0 Å². The van der Waals surface area contributed by atoms with Crippen molar-refractivity contribution in [2.24, 2.45) is 0 Å². The summed E-state index contributed by atoms with van der Waals surface area (Å²) in [5.41, 5.74) is 5.91. The van der Waals surface area contributed by atoms with Crippen LogP contribution in [0, 0.1) is 13.8 Å². The van der Waals surface area contributed by atoms with Crippen LogP contribution in [0.2, 0.25) is 0 Å². The number of aryl methyl sites for hydroxylation is 2. The van der Waals surface area contributed by atoms with Crippen LogP contribution in [-0.4, -0.2) is 23.3 Å². The Morgan fingerprint density at radius 3 is 2.42 bits per heavy atom. The van der Waals surface area contributed by atoms with E-state index in [1.807, 2.05) is 0 Å². The summed E-state index contributed by atoms with van der Waals surface area (Å²) in [5.74, 6) is 1.61. The molecule has 5 rings (SSSR count). The van der Waals surface area contributed by atoms with E-state index in [2.05, 4.69) is 42.5 Å². The molecule has 2 atom stereocenters. The number of hydrogen-bond donors (Lipinski definition) is 1. The van der Waals surface area contributed by atoms with Crippen LogP contribution in [0.5, 0.6) is 0 Å². The van der Waals surface area contributed by atoms with Gasteiger partial charge in [0.15, 0.2) is 0 Å². The molecule has 1 aromatic carbocycles. The lowest BCUT2D eigenvalue weighted by Crippen LogP contribution is -2.41. The van der Waals surface area contributed by atoms with Crippen molar-refractivity contribution < 1.29 is 9.26 Å². The van der Waals surface area contributed by atoms with E-state index in [0.29, 0.717) is 30.7 Å². The normalized spacial score (nSPS) is 27.8. The van der Waals surface area contributed by atoms with Gasteiger partial charge in [-0.05, 0) is 63.5 Å². The van der Waals surface area contributed by atoms with Crippen molar-refractivity contribution in [1.29, 1.82) is 0 Å². The minimum absolute atomic E-state index is 0.363. The zero-order valence-corrected chi connectivity index (χ0v) is 15.8. The molecule has 3 aliphatic rings. The van der Waals surface area contributed by atoms with Crippen LogP contribution in [0.25, 0.3) is 11.3 Å². The molecule has 26 heavy (non-hydrogen) atoms. The first-order valence-corrected chi connectivity index (χ1v) is 10.1. The van der Waals surface area contributed by atoms with Gasteiger partial charge in [-0.1, -0.05) is 23.4 Å². The minimum Gasteiger partial charge on any atom is -0.373 e. The third-order valence-electron chi connectivity index (χ3n) is 6.38. The number of aromatic nitrogens is 1. The Morgan fingerprint density at radius 1 is 1.08 bits per heavy atom. The Labute approximate surface area is 155 Å². The molecule has 3 fully saturated rings. The molecule has 2 aliphatic heterocycles. The fourth-order valence-corrected chi connectivity index (χ4v) is 4.85. The average Bonchev–Trinajstić information content (AvgIpc) is 3.30. The maximum Gasteiger partial charge on any atom is 0.145 e. The third-order valence-corrected chi connectivity index (χ3v) is 6.38. The second-order valence-corrected chi connectivity index (χ2v) is 8.46. The minimum atomic E-state index is 0.363. The van der Waals surface area contributed by atoms with Crippen LogP contribution in [0.15, 0.2) is 22.7 Å². The Hall–Kier alpha value is -1.65. The van der Waals surface area contributed by atoms with E-state index in [4.69, 9.17) is 9.26 Å². The van der Waals surface area contributed by atoms with Crippen molar-refractivity contribution in [3.8, 4) is 11.3 Å². The Kier molecular flexibility index (Phi) is 4.13. The lowest BCUT2D eigenvalue weighted by atomic mass is 9.96. The number of ether oxygens (including phenoxy) is 1. The molecule has 138 valence electrons. The molecule has 0 spiro atoms. The molecule has 1 saturated carbocycles. The number of fused-ring (bicyclic) bond motifs is 2. The lowest BCUT2D eigenvalue weighted by Gasteiger charge is -2.29. The summed E-state index contributed by atoms with van der Waals surface area (Å²) in [4.78, 5) is 0. The predicted octanol–water partition coefficient (Wildman–Crippen LogP) is 4.64. The van der Waals surface area contributed by atoms with E-state index in [9.17, 15) is 0 Å². The molecule has 2 bridgehead atoms. The monoisotopic (exact) mass is 352 g/mol. The fraction of sp³-hybridized carbons (Fsp3) is 0.591. The number of benzene rings is 1. The largest absolute Gasteiger partial charge is 0.373 e. The van der Waals surface area contributed by atoms with Gasteiger partial charge >= 0.3 is 0 Å². The van der Waals surface area contributed by atoms with Crippen LogP contribution < -0.4 is 5.32 Å². The van der Waals surface area contributed by atoms with Crippen molar-refractivity contribution in [2.75, 3.05) is 0 Å². The molecule has 1 N–H and O–H groups in total. The molecule has 0 radical (unpaired) electrons.